The Kier molecular flexibility index (Phi) is 10.3. The molecule has 0 amide bonds. The number of phosphoric ester groups is 2. The van der Waals surface area contributed by atoms with Gasteiger partial charge >= 0.3 is 15.6 Å². The first-order valence-corrected chi connectivity index (χ1v) is 18.8. The van der Waals surface area contributed by atoms with Crippen molar-refractivity contribution in [2.24, 2.45) is 0 Å². The Morgan fingerprint density at radius 1 is 0.320 bits per heavy atom. The average Bonchev–Trinajstić information content (AvgIpc) is 3.09. The largest absolute Gasteiger partial charge is 0.647 e. The Balaban J connectivity index is 1.36. The van der Waals surface area contributed by atoms with E-state index in [-0.39, 0.29) is 11.5 Å². The van der Waals surface area contributed by atoms with Crippen LogP contribution < -0.4 is 27.1 Å². The van der Waals surface area contributed by atoms with Gasteiger partial charge in [0.25, 0.3) is 0 Å². The number of benzene rings is 6. The minimum absolute atomic E-state index is 0.167. The third-order valence-corrected chi connectivity index (χ3v) is 10.0. The molecule has 0 aromatic heterocycles. The minimum atomic E-state index is -4.36. The van der Waals surface area contributed by atoms with Crippen molar-refractivity contribution in [2.75, 3.05) is 0 Å². The summed E-state index contributed by atoms with van der Waals surface area (Å²) in [6.45, 7) is 7.76. The summed E-state index contributed by atoms with van der Waals surface area (Å²) in [6.07, 6.45) is 0. The van der Waals surface area contributed by atoms with Crippen molar-refractivity contribution in [2.45, 2.75) is 27.7 Å². The Hall–Kier alpha value is -5.42. The Morgan fingerprint density at radius 2 is 0.560 bits per heavy atom. The summed E-state index contributed by atoms with van der Waals surface area (Å²) in [6, 6.07) is 42.1. The second-order valence-electron chi connectivity index (χ2n) is 11.7. The first kappa shape index (κ1) is 34.4. The van der Waals surface area contributed by atoms with Crippen molar-refractivity contribution in [3.05, 3.63) is 168 Å². The Bertz CT molecular complexity index is 1890. The molecule has 50 heavy (non-hydrogen) atoms. The van der Waals surface area contributed by atoms with E-state index in [9.17, 15) is 9.13 Å². The lowest BCUT2D eigenvalue weighted by molar-refractivity contribution is 0.295. The first-order valence-electron chi connectivity index (χ1n) is 15.9. The lowest BCUT2D eigenvalue weighted by Crippen LogP contribution is -2.09. The summed E-state index contributed by atoms with van der Waals surface area (Å²) in [5.74, 6) is 1.54. The topological polar surface area (TPSA) is 89.5 Å². The van der Waals surface area contributed by atoms with Gasteiger partial charge in [0.2, 0.25) is 0 Å². The standard InChI is InChI=1S/C40H36O8P2/c1-29-13-21-33(22-14-29)43-49(41,44-34-23-15-30(2)16-24-34)47-39-11-7-5-9-37(39)38-10-6-8-12-40(38)48-50(42,45-35-25-17-31(3)18-26-35)46-36-27-19-32(4)20-28-36/h5-28H,1-4H3. The summed E-state index contributed by atoms with van der Waals surface area (Å²) in [5.41, 5.74) is 4.93. The van der Waals surface area contributed by atoms with E-state index < -0.39 is 15.6 Å². The molecule has 0 fully saturated rings. The molecule has 0 N–H and O–H groups in total. The quantitative estimate of drug-likeness (QED) is 0.110. The summed E-state index contributed by atoms with van der Waals surface area (Å²) in [5, 5.41) is 0. The molecule has 0 bridgehead atoms. The van der Waals surface area contributed by atoms with Gasteiger partial charge in [-0.25, -0.2) is 0 Å². The lowest BCUT2D eigenvalue weighted by atomic mass is 10.0. The average molecular weight is 707 g/mol. The van der Waals surface area contributed by atoms with Gasteiger partial charge < -0.3 is 27.1 Å². The fourth-order valence-corrected chi connectivity index (χ4v) is 7.35. The molecule has 0 saturated carbocycles. The molecule has 10 heteroatoms. The molecule has 0 aliphatic carbocycles. The number of para-hydroxylation sites is 2. The van der Waals surface area contributed by atoms with Crippen molar-refractivity contribution < 1.29 is 36.3 Å². The highest BCUT2D eigenvalue weighted by molar-refractivity contribution is 7.50. The van der Waals surface area contributed by atoms with Crippen LogP contribution in [0.4, 0.5) is 0 Å². The molecule has 254 valence electrons. The van der Waals surface area contributed by atoms with Crippen LogP contribution in [-0.2, 0) is 9.13 Å². The van der Waals surface area contributed by atoms with Gasteiger partial charge in [-0.2, -0.15) is 9.13 Å². The fourth-order valence-electron chi connectivity index (χ4n) is 4.80. The highest BCUT2D eigenvalue weighted by atomic mass is 31.2. The van der Waals surface area contributed by atoms with Crippen LogP contribution in [0.1, 0.15) is 22.3 Å². The monoisotopic (exact) mass is 706 g/mol. The highest BCUT2D eigenvalue weighted by Gasteiger charge is 2.36. The van der Waals surface area contributed by atoms with Crippen molar-refractivity contribution >= 4 is 15.6 Å². The van der Waals surface area contributed by atoms with Crippen molar-refractivity contribution in [1.29, 1.82) is 0 Å². The summed E-state index contributed by atoms with van der Waals surface area (Å²) < 4.78 is 65.0. The van der Waals surface area contributed by atoms with E-state index in [1.807, 2.05) is 76.2 Å². The van der Waals surface area contributed by atoms with Gasteiger partial charge in [0.1, 0.15) is 34.5 Å². The molecule has 6 aromatic rings. The highest BCUT2D eigenvalue weighted by Crippen LogP contribution is 2.55. The van der Waals surface area contributed by atoms with E-state index in [0.717, 1.165) is 22.3 Å². The van der Waals surface area contributed by atoms with Gasteiger partial charge in [-0.15, -0.1) is 0 Å². The number of hydrogen-bond acceptors (Lipinski definition) is 8. The number of hydrogen-bond donors (Lipinski definition) is 0. The van der Waals surface area contributed by atoms with E-state index in [0.29, 0.717) is 34.1 Å². The molecule has 0 aliphatic rings. The smallest absolute Gasteiger partial charge is 0.386 e. The van der Waals surface area contributed by atoms with Crippen LogP contribution in [0.2, 0.25) is 0 Å². The zero-order chi connectivity index (χ0) is 35.1. The normalized spacial score (nSPS) is 11.4. The van der Waals surface area contributed by atoms with Gasteiger partial charge in [0, 0.05) is 11.1 Å². The SMILES string of the molecule is Cc1ccc(OP(=O)(Oc2ccc(C)cc2)Oc2ccccc2-c2ccccc2OP(=O)(Oc2ccc(C)cc2)Oc2ccc(C)cc2)cc1. The molecule has 0 radical (unpaired) electrons. The summed E-state index contributed by atoms with van der Waals surface area (Å²) >= 11 is 0. The molecule has 8 nitrogen and oxygen atoms in total. The van der Waals surface area contributed by atoms with Crippen LogP contribution in [-0.4, -0.2) is 0 Å². The first-order chi connectivity index (χ1) is 24.0. The van der Waals surface area contributed by atoms with Gasteiger partial charge in [0.15, 0.2) is 0 Å². The van der Waals surface area contributed by atoms with Gasteiger partial charge in [-0.1, -0.05) is 107 Å². The van der Waals surface area contributed by atoms with Crippen LogP contribution in [0.25, 0.3) is 11.1 Å². The van der Waals surface area contributed by atoms with E-state index in [1.165, 1.54) is 0 Å². The number of rotatable bonds is 13. The van der Waals surface area contributed by atoms with E-state index in [4.69, 9.17) is 27.1 Å². The Morgan fingerprint density at radius 3 is 0.820 bits per heavy atom. The molecule has 0 aliphatic heterocycles. The van der Waals surface area contributed by atoms with Crippen LogP contribution in [0.15, 0.2) is 146 Å². The Labute approximate surface area is 292 Å². The molecular formula is C40H36O8P2. The maximum Gasteiger partial charge on any atom is 0.647 e. The van der Waals surface area contributed by atoms with Crippen molar-refractivity contribution in [1.82, 2.24) is 0 Å². The van der Waals surface area contributed by atoms with Gasteiger partial charge in [-0.05, 0) is 88.4 Å². The zero-order valence-electron chi connectivity index (χ0n) is 28.0. The van der Waals surface area contributed by atoms with E-state index >= 15 is 0 Å². The van der Waals surface area contributed by atoms with Crippen molar-refractivity contribution in [3.8, 4) is 45.6 Å². The zero-order valence-corrected chi connectivity index (χ0v) is 29.8. The van der Waals surface area contributed by atoms with E-state index in [2.05, 4.69) is 0 Å². The second-order valence-corrected chi connectivity index (χ2v) is 14.6. The predicted molar refractivity (Wildman–Crippen MR) is 196 cm³/mol. The van der Waals surface area contributed by atoms with Crippen LogP contribution in [0.5, 0.6) is 34.5 Å². The van der Waals surface area contributed by atoms with Crippen LogP contribution in [0, 0.1) is 27.7 Å². The van der Waals surface area contributed by atoms with Crippen molar-refractivity contribution in [3.63, 3.8) is 0 Å². The maximum absolute atomic E-state index is 14.5. The molecule has 0 saturated heterocycles. The molecule has 0 atom stereocenters. The van der Waals surface area contributed by atoms with Gasteiger partial charge in [-0.3, -0.25) is 0 Å². The van der Waals surface area contributed by atoms with E-state index in [1.54, 1.807) is 97.1 Å². The van der Waals surface area contributed by atoms with Crippen LogP contribution >= 0.6 is 15.6 Å². The summed E-state index contributed by atoms with van der Waals surface area (Å²) in [7, 11) is -8.73. The number of aryl methyl sites for hydroxylation is 4. The second kappa shape index (κ2) is 15.0. The predicted octanol–water partition coefficient (Wildman–Crippen LogP) is 11.9. The molecular weight excluding hydrogens is 670 g/mol. The van der Waals surface area contributed by atoms with Gasteiger partial charge in [0.05, 0.1) is 0 Å². The lowest BCUT2D eigenvalue weighted by Gasteiger charge is -2.23. The third kappa shape index (κ3) is 8.97. The molecule has 6 rings (SSSR count). The third-order valence-electron chi connectivity index (χ3n) is 7.44. The summed E-state index contributed by atoms with van der Waals surface area (Å²) in [4.78, 5) is 0. The molecule has 0 spiro atoms. The molecule has 6 aromatic carbocycles. The maximum atomic E-state index is 14.5. The molecule has 0 unspecified atom stereocenters. The fraction of sp³-hybridized carbons (Fsp3) is 0.100. The molecule has 0 heterocycles. The minimum Gasteiger partial charge on any atom is -0.386 e. The number of phosphoric acid groups is 2. The van der Waals surface area contributed by atoms with Crippen LogP contribution in [0.3, 0.4) is 0 Å².